The van der Waals surface area contributed by atoms with Crippen LogP contribution in [0.15, 0.2) is 54.7 Å². The molecule has 0 unspecified atom stereocenters. The second-order valence-corrected chi connectivity index (χ2v) is 5.17. The Morgan fingerprint density at radius 3 is 2.61 bits per heavy atom. The molecule has 0 fully saturated rings. The highest BCUT2D eigenvalue weighted by Crippen LogP contribution is 2.23. The summed E-state index contributed by atoms with van der Waals surface area (Å²) in [4.78, 5) is 28.1. The summed E-state index contributed by atoms with van der Waals surface area (Å²) in [7, 11) is 0. The number of carbonyl (C=O) groups is 2. The second-order valence-electron chi connectivity index (χ2n) is 5.17. The molecular weight excluding hydrogens is 292 g/mol. The average Bonchev–Trinajstić information content (AvgIpc) is 3.07. The lowest BCUT2D eigenvalue weighted by molar-refractivity contribution is 0.0980. The minimum Gasteiger partial charge on any atom is -0.395 e. The molecule has 5 nitrogen and oxygen atoms in total. The summed E-state index contributed by atoms with van der Waals surface area (Å²) in [5, 5.41) is 10.3. The number of H-pyrrole nitrogens is 1. The van der Waals surface area contributed by atoms with Crippen LogP contribution >= 0.6 is 0 Å². The van der Waals surface area contributed by atoms with Crippen LogP contribution in [0.2, 0.25) is 0 Å². The molecule has 3 aromatic rings. The van der Waals surface area contributed by atoms with Crippen molar-refractivity contribution in [3.8, 4) is 0 Å². The lowest BCUT2D eigenvalue weighted by Crippen LogP contribution is -2.33. The van der Waals surface area contributed by atoms with Crippen LogP contribution in [0.5, 0.6) is 0 Å². The second kappa shape index (κ2) is 6.46. The van der Waals surface area contributed by atoms with Crippen LogP contribution in [0, 0.1) is 0 Å². The van der Waals surface area contributed by atoms with Crippen molar-refractivity contribution in [3.63, 3.8) is 0 Å². The number of aromatic nitrogens is 1. The number of hydrogen-bond acceptors (Lipinski definition) is 3. The minimum atomic E-state index is -0.216. The van der Waals surface area contributed by atoms with E-state index in [-0.39, 0.29) is 19.1 Å². The van der Waals surface area contributed by atoms with Gasteiger partial charge in [0.05, 0.1) is 6.61 Å². The number of benzene rings is 2. The van der Waals surface area contributed by atoms with Gasteiger partial charge >= 0.3 is 0 Å². The predicted molar refractivity (Wildman–Crippen MR) is 88.9 cm³/mol. The Bertz CT molecular complexity index is 837. The summed E-state index contributed by atoms with van der Waals surface area (Å²) in [6.45, 7) is 0.0630. The maximum absolute atomic E-state index is 12.7. The number of hydrogen-bond donors (Lipinski definition) is 2. The molecule has 5 heteroatoms. The molecule has 116 valence electrons. The molecule has 0 aliphatic heterocycles. The normalized spacial score (nSPS) is 10.7. The Kier molecular flexibility index (Phi) is 4.21. The molecule has 0 aliphatic carbocycles. The van der Waals surface area contributed by atoms with Gasteiger partial charge in [-0.2, -0.15) is 0 Å². The van der Waals surface area contributed by atoms with Crippen molar-refractivity contribution in [2.45, 2.75) is 0 Å². The van der Waals surface area contributed by atoms with Gasteiger partial charge in [0.2, 0.25) is 0 Å². The molecule has 2 N–H and O–H groups in total. The van der Waals surface area contributed by atoms with Crippen molar-refractivity contribution in [2.75, 3.05) is 18.1 Å². The highest BCUT2D eigenvalue weighted by atomic mass is 16.3. The quantitative estimate of drug-likeness (QED) is 0.712. The number of nitrogens with zero attached hydrogens (tertiary/aromatic N) is 1. The fourth-order valence-electron chi connectivity index (χ4n) is 2.52. The third kappa shape index (κ3) is 3.00. The maximum Gasteiger partial charge on any atom is 0.258 e. The zero-order chi connectivity index (χ0) is 16.2. The molecule has 1 amide bonds. The number of aromatic amines is 1. The lowest BCUT2D eigenvalue weighted by atomic mass is 10.1. The summed E-state index contributed by atoms with van der Waals surface area (Å²) in [6, 6.07) is 14.0. The lowest BCUT2D eigenvalue weighted by Gasteiger charge is -2.22. The van der Waals surface area contributed by atoms with Crippen LogP contribution in [-0.2, 0) is 0 Å². The van der Waals surface area contributed by atoms with Crippen molar-refractivity contribution in [1.82, 2.24) is 4.98 Å². The Morgan fingerprint density at radius 2 is 1.91 bits per heavy atom. The zero-order valence-electron chi connectivity index (χ0n) is 12.4. The minimum absolute atomic E-state index is 0.136. The summed E-state index contributed by atoms with van der Waals surface area (Å²) in [5.41, 5.74) is 2.69. The van der Waals surface area contributed by atoms with E-state index in [1.807, 2.05) is 30.5 Å². The molecule has 3 rings (SSSR count). The van der Waals surface area contributed by atoms with Crippen LogP contribution in [0.3, 0.4) is 0 Å². The summed E-state index contributed by atoms with van der Waals surface area (Å²) >= 11 is 0. The van der Waals surface area contributed by atoms with Crippen molar-refractivity contribution < 1.29 is 14.7 Å². The molecule has 0 atom stereocenters. The third-order valence-corrected chi connectivity index (χ3v) is 3.71. The first-order valence-electron chi connectivity index (χ1n) is 7.28. The number of carbonyl (C=O) groups excluding carboxylic acids is 2. The summed E-state index contributed by atoms with van der Waals surface area (Å²) in [5.74, 6) is -0.216. The van der Waals surface area contributed by atoms with Gasteiger partial charge in [0.1, 0.15) is 6.29 Å². The molecule has 0 saturated carbocycles. The van der Waals surface area contributed by atoms with Gasteiger partial charge in [0, 0.05) is 40.5 Å². The molecule has 1 heterocycles. The van der Waals surface area contributed by atoms with E-state index in [9.17, 15) is 14.7 Å². The zero-order valence-corrected chi connectivity index (χ0v) is 12.4. The molecule has 0 radical (unpaired) electrons. The van der Waals surface area contributed by atoms with Gasteiger partial charge in [-0.05, 0) is 36.4 Å². The van der Waals surface area contributed by atoms with E-state index >= 15 is 0 Å². The molecular formula is C18H16N2O3. The number of amides is 1. The molecule has 0 bridgehead atoms. The van der Waals surface area contributed by atoms with E-state index in [1.165, 1.54) is 4.90 Å². The van der Waals surface area contributed by atoms with Crippen LogP contribution in [-0.4, -0.2) is 35.4 Å². The number of aliphatic hydroxyl groups excluding tert-OH is 1. The van der Waals surface area contributed by atoms with E-state index < -0.39 is 0 Å². The Morgan fingerprint density at radius 1 is 1.13 bits per heavy atom. The van der Waals surface area contributed by atoms with Crippen LogP contribution < -0.4 is 4.90 Å². The van der Waals surface area contributed by atoms with Gasteiger partial charge in [0.15, 0.2) is 0 Å². The topological polar surface area (TPSA) is 73.4 Å². The number of rotatable bonds is 5. The van der Waals surface area contributed by atoms with Gasteiger partial charge in [-0.3, -0.25) is 9.59 Å². The van der Waals surface area contributed by atoms with Gasteiger partial charge in [0.25, 0.3) is 5.91 Å². The predicted octanol–water partition coefficient (Wildman–Crippen LogP) is 2.62. The number of anilines is 1. The fourth-order valence-corrected chi connectivity index (χ4v) is 2.52. The number of nitrogens with one attached hydrogen (secondary N) is 1. The number of fused-ring (bicyclic) bond motifs is 1. The first-order valence-corrected chi connectivity index (χ1v) is 7.28. The molecule has 1 aromatic heterocycles. The SMILES string of the molecule is O=Cc1ccc(C(=O)N(CCO)c2ccc3[nH]ccc3c2)cc1. The van der Waals surface area contributed by atoms with Crippen LogP contribution in [0.4, 0.5) is 5.69 Å². The molecule has 0 saturated heterocycles. The molecule has 2 aromatic carbocycles. The first kappa shape index (κ1) is 15.0. The fraction of sp³-hybridized carbons (Fsp3) is 0.111. The van der Waals surface area contributed by atoms with Gasteiger partial charge in [-0.15, -0.1) is 0 Å². The monoisotopic (exact) mass is 308 g/mol. The summed E-state index contributed by atoms with van der Waals surface area (Å²) < 4.78 is 0. The number of aliphatic hydroxyl groups is 1. The molecule has 0 aliphatic rings. The van der Waals surface area contributed by atoms with E-state index in [1.54, 1.807) is 24.3 Å². The average molecular weight is 308 g/mol. The smallest absolute Gasteiger partial charge is 0.258 e. The van der Waals surface area contributed by atoms with E-state index in [2.05, 4.69) is 4.98 Å². The van der Waals surface area contributed by atoms with Crippen molar-refractivity contribution in [3.05, 3.63) is 65.9 Å². The Balaban J connectivity index is 1.95. The Labute approximate surface area is 133 Å². The maximum atomic E-state index is 12.7. The summed E-state index contributed by atoms with van der Waals surface area (Å²) in [6.07, 6.45) is 2.57. The van der Waals surface area contributed by atoms with E-state index in [0.717, 1.165) is 22.9 Å². The highest BCUT2D eigenvalue weighted by molar-refractivity contribution is 6.07. The standard InChI is InChI=1S/C18H16N2O3/c21-10-9-20(16-5-6-17-15(11-16)7-8-19-17)18(23)14-3-1-13(12-22)2-4-14/h1-8,11-12,19,21H,9-10H2. The van der Waals surface area contributed by atoms with Gasteiger partial charge in [-0.25, -0.2) is 0 Å². The highest BCUT2D eigenvalue weighted by Gasteiger charge is 2.17. The first-order chi connectivity index (χ1) is 11.2. The van der Waals surface area contributed by atoms with Crippen LogP contribution in [0.25, 0.3) is 10.9 Å². The van der Waals surface area contributed by atoms with Crippen molar-refractivity contribution >= 4 is 28.8 Å². The van der Waals surface area contributed by atoms with Crippen molar-refractivity contribution in [2.24, 2.45) is 0 Å². The van der Waals surface area contributed by atoms with E-state index in [0.29, 0.717) is 11.1 Å². The largest absolute Gasteiger partial charge is 0.395 e. The van der Waals surface area contributed by atoms with Gasteiger partial charge in [-0.1, -0.05) is 12.1 Å². The third-order valence-electron chi connectivity index (χ3n) is 3.71. The van der Waals surface area contributed by atoms with Crippen LogP contribution in [0.1, 0.15) is 20.7 Å². The molecule has 0 spiro atoms. The Hall–Kier alpha value is -2.92. The van der Waals surface area contributed by atoms with E-state index in [4.69, 9.17) is 0 Å². The molecule has 23 heavy (non-hydrogen) atoms. The van der Waals surface area contributed by atoms with Crippen molar-refractivity contribution in [1.29, 1.82) is 0 Å². The number of aldehydes is 1. The van der Waals surface area contributed by atoms with Gasteiger partial charge < -0.3 is 15.0 Å².